The van der Waals surface area contributed by atoms with Gasteiger partial charge in [0.1, 0.15) is 0 Å². The van der Waals surface area contributed by atoms with Crippen LogP contribution in [0, 0.1) is 11.8 Å². The molecule has 2 aliphatic rings. The molecule has 2 saturated heterocycles. The number of rotatable bonds is 6. The number of piperidine rings is 1. The summed E-state index contributed by atoms with van der Waals surface area (Å²) in [4.78, 5) is 2.71. The van der Waals surface area contributed by atoms with Crippen molar-refractivity contribution in [2.24, 2.45) is 11.8 Å². The molecule has 2 aromatic rings. The summed E-state index contributed by atoms with van der Waals surface area (Å²) in [5.74, 6) is 1.97. The summed E-state index contributed by atoms with van der Waals surface area (Å²) in [5, 5.41) is 0. The molecule has 3 atom stereocenters. The Labute approximate surface area is 164 Å². The van der Waals surface area contributed by atoms with Crippen LogP contribution >= 0.6 is 0 Å². The van der Waals surface area contributed by atoms with Crippen molar-refractivity contribution < 1.29 is 0 Å². The number of nitrogens with one attached hydrogen (secondary N) is 2. The molecule has 0 amide bonds. The van der Waals surface area contributed by atoms with Crippen LogP contribution in [0.15, 0.2) is 60.7 Å². The highest BCUT2D eigenvalue weighted by atomic mass is 15.4. The Morgan fingerprint density at radius 1 is 1.00 bits per heavy atom. The minimum atomic E-state index is 0.447. The highest BCUT2D eigenvalue weighted by molar-refractivity contribution is 5.32. The van der Waals surface area contributed by atoms with Gasteiger partial charge in [0.15, 0.2) is 0 Å². The third-order valence-corrected chi connectivity index (χ3v) is 6.56. The quantitative estimate of drug-likeness (QED) is 0.811. The van der Waals surface area contributed by atoms with E-state index in [1.165, 1.54) is 43.5 Å². The lowest BCUT2D eigenvalue weighted by molar-refractivity contribution is 0.134. The van der Waals surface area contributed by atoms with Crippen LogP contribution in [0.2, 0.25) is 0 Å². The molecule has 2 aliphatic heterocycles. The fraction of sp³-hybridized carbons (Fsp3) is 0.500. The molecular formula is C24H33N3. The predicted molar refractivity (Wildman–Crippen MR) is 113 cm³/mol. The summed E-state index contributed by atoms with van der Waals surface area (Å²) in [6, 6.07) is 22.7. The summed E-state index contributed by atoms with van der Waals surface area (Å²) in [5.41, 5.74) is 9.85. The maximum absolute atomic E-state index is 3.59. The summed E-state index contributed by atoms with van der Waals surface area (Å²) in [6.45, 7) is 7.00. The molecule has 2 N–H and O–H groups in total. The van der Waals surface area contributed by atoms with Gasteiger partial charge >= 0.3 is 0 Å². The Hall–Kier alpha value is -1.68. The molecule has 0 radical (unpaired) electrons. The monoisotopic (exact) mass is 363 g/mol. The molecule has 144 valence electrons. The Balaban J connectivity index is 1.49. The highest BCUT2D eigenvalue weighted by Gasteiger charge is 2.35. The van der Waals surface area contributed by atoms with Gasteiger partial charge in [0, 0.05) is 31.6 Å². The van der Waals surface area contributed by atoms with E-state index in [1.54, 1.807) is 0 Å². The minimum absolute atomic E-state index is 0.447. The van der Waals surface area contributed by atoms with Gasteiger partial charge in [0.25, 0.3) is 0 Å². The van der Waals surface area contributed by atoms with Gasteiger partial charge in [-0.2, -0.15) is 0 Å². The van der Waals surface area contributed by atoms with Gasteiger partial charge < -0.3 is 4.90 Å². The molecule has 0 bridgehead atoms. The van der Waals surface area contributed by atoms with Crippen LogP contribution in [0.1, 0.15) is 43.2 Å². The van der Waals surface area contributed by atoms with Crippen molar-refractivity contribution in [1.82, 2.24) is 15.8 Å². The Morgan fingerprint density at radius 3 is 2.30 bits per heavy atom. The van der Waals surface area contributed by atoms with E-state index in [0.717, 1.165) is 24.9 Å². The summed E-state index contributed by atoms with van der Waals surface area (Å²) >= 11 is 0. The normalized spacial score (nSPS) is 26.5. The van der Waals surface area contributed by atoms with Gasteiger partial charge in [-0.3, -0.25) is 10.9 Å². The van der Waals surface area contributed by atoms with Gasteiger partial charge in [0.2, 0.25) is 0 Å². The predicted octanol–water partition coefficient (Wildman–Crippen LogP) is 4.03. The maximum Gasteiger partial charge on any atom is 0.0294 e. The first-order chi connectivity index (χ1) is 13.3. The van der Waals surface area contributed by atoms with E-state index in [4.69, 9.17) is 0 Å². The van der Waals surface area contributed by atoms with Crippen LogP contribution < -0.4 is 10.9 Å². The van der Waals surface area contributed by atoms with E-state index in [-0.39, 0.29) is 0 Å². The Kier molecular flexibility index (Phi) is 6.23. The topological polar surface area (TPSA) is 27.3 Å². The van der Waals surface area contributed by atoms with Crippen molar-refractivity contribution >= 4 is 0 Å². The third kappa shape index (κ3) is 4.43. The zero-order valence-corrected chi connectivity index (χ0v) is 16.5. The van der Waals surface area contributed by atoms with E-state index >= 15 is 0 Å². The average molecular weight is 364 g/mol. The SMILES string of the molecule is CCC1CNNC1C1CCCN(CC(c2ccccc2)c2ccccc2)C1. The second kappa shape index (κ2) is 9.01. The number of hydrogen-bond acceptors (Lipinski definition) is 3. The fourth-order valence-electron chi connectivity index (χ4n) is 5.04. The van der Waals surface area contributed by atoms with Gasteiger partial charge in [0.05, 0.1) is 0 Å². The Bertz CT molecular complexity index is 648. The van der Waals surface area contributed by atoms with E-state index in [0.29, 0.717) is 12.0 Å². The molecule has 3 unspecified atom stereocenters. The second-order valence-corrected chi connectivity index (χ2v) is 8.26. The molecule has 27 heavy (non-hydrogen) atoms. The lowest BCUT2D eigenvalue weighted by atomic mass is 9.82. The molecule has 2 heterocycles. The zero-order valence-electron chi connectivity index (χ0n) is 16.5. The summed E-state index contributed by atoms with van der Waals surface area (Å²) in [6.07, 6.45) is 3.93. The number of hydrazine groups is 1. The lowest BCUT2D eigenvalue weighted by Crippen LogP contribution is -2.47. The summed E-state index contributed by atoms with van der Waals surface area (Å²) < 4.78 is 0. The van der Waals surface area contributed by atoms with Crippen molar-refractivity contribution in [2.45, 2.75) is 38.1 Å². The van der Waals surface area contributed by atoms with E-state index in [9.17, 15) is 0 Å². The van der Waals surface area contributed by atoms with Gasteiger partial charge in [-0.1, -0.05) is 74.0 Å². The van der Waals surface area contributed by atoms with Crippen LogP contribution in [0.4, 0.5) is 0 Å². The van der Waals surface area contributed by atoms with Crippen LogP contribution in [0.25, 0.3) is 0 Å². The van der Waals surface area contributed by atoms with Crippen molar-refractivity contribution in [3.63, 3.8) is 0 Å². The lowest BCUT2D eigenvalue weighted by Gasteiger charge is -2.39. The number of benzene rings is 2. The van der Waals surface area contributed by atoms with Crippen LogP contribution in [0.3, 0.4) is 0 Å². The molecular weight excluding hydrogens is 330 g/mol. The molecule has 0 aliphatic carbocycles. The molecule has 3 heteroatoms. The smallest absolute Gasteiger partial charge is 0.0294 e. The molecule has 0 saturated carbocycles. The van der Waals surface area contributed by atoms with Crippen LogP contribution in [-0.4, -0.2) is 37.1 Å². The molecule has 0 spiro atoms. The van der Waals surface area contributed by atoms with Crippen LogP contribution in [-0.2, 0) is 0 Å². The van der Waals surface area contributed by atoms with Crippen molar-refractivity contribution in [3.8, 4) is 0 Å². The fourth-order valence-corrected chi connectivity index (χ4v) is 5.04. The largest absolute Gasteiger partial charge is 0.302 e. The van der Waals surface area contributed by atoms with Gasteiger partial charge in [-0.15, -0.1) is 0 Å². The first-order valence-corrected chi connectivity index (χ1v) is 10.7. The first-order valence-electron chi connectivity index (χ1n) is 10.7. The minimum Gasteiger partial charge on any atom is -0.302 e. The number of nitrogens with zero attached hydrogens (tertiary/aromatic N) is 1. The van der Waals surface area contributed by atoms with Gasteiger partial charge in [-0.05, 0) is 42.3 Å². The van der Waals surface area contributed by atoms with Crippen LogP contribution in [0.5, 0.6) is 0 Å². The highest BCUT2D eigenvalue weighted by Crippen LogP contribution is 2.31. The maximum atomic E-state index is 3.59. The van der Waals surface area contributed by atoms with E-state index in [1.807, 2.05) is 0 Å². The van der Waals surface area contributed by atoms with Crippen molar-refractivity contribution in [2.75, 3.05) is 26.2 Å². The molecule has 0 aromatic heterocycles. The van der Waals surface area contributed by atoms with Crippen molar-refractivity contribution in [3.05, 3.63) is 71.8 Å². The molecule has 4 rings (SSSR count). The number of likely N-dealkylation sites (tertiary alicyclic amines) is 1. The van der Waals surface area contributed by atoms with E-state index < -0.39 is 0 Å². The Morgan fingerprint density at radius 2 is 1.67 bits per heavy atom. The zero-order chi connectivity index (χ0) is 18.5. The number of hydrogen-bond donors (Lipinski definition) is 2. The third-order valence-electron chi connectivity index (χ3n) is 6.56. The van der Waals surface area contributed by atoms with Gasteiger partial charge in [-0.25, -0.2) is 0 Å². The molecule has 3 nitrogen and oxygen atoms in total. The van der Waals surface area contributed by atoms with Crippen molar-refractivity contribution in [1.29, 1.82) is 0 Å². The summed E-state index contributed by atoms with van der Waals surface area (Å²) in [7, 11) is 0. The van der Waals surface area contributed by atoms with E-state index in [2.05, 4.69) is 83.3 Å². The standard InChI is InChI=1S/C24H33N3/c1-2-19-16-25-26-24(19)22-14-9-15-27(17-22)18-23(20-10-5-3-6-11-20)21-12-7-4-8-13-21/h3-8,10-13,19,22-26H,2,9,14-18H2,1H3. The second-order valence-electron chi connectivity index (χ2n) is 8.26. The molecule has 2 fully saturated rings. The average Bonchev–Trinajstić information content (AvgIpc) is 3.22. The molecule has 2 aromatic carbocycles. The first kappa shape index (κ1) is 18.7.